The van der Waals surface area contributed by atoms with E-state index < -0.39 is 23.8 Å². The fraction of sp³-hybridized carbons (Fsp3) is 0.222. The van der Waals surface area contributed by atoms with Gasteiger partial charge in [0.2, 0.25) is 12.9 Å². The molecule has 2 aromatic carbocycles. The summed E-state index contributed by atoms with van der Waals surface area (Å²) in [5.41, 5.74) is 6.48. The summed E-state index contributed by atoms with van der Waals surface area (Å²) in [4.78, 5) is 23.6. The van der Waals surface area contributed by atoms with E-state index in [0.29, 0.717) is 23.5 Å². The largest absolute Gasteiger partial charge is 0.454 e. The Bertz CT molecular complexity index is 791. The van der Waals surface area contributed by atoms with Gasteiger partial charge in [-0.1, -0.05) is 18.2 Å². The van der Waals surface area contributed by atoms with Crippen LogP contribution in [0.3, 0.4) is 0 Å². The minimum atomic E-state index is -1.25. The monoisotopic (exact) mass is 345 g/mol. The number of carbonyl (C=O) groups is 2. The first-order valence-corrected chi connectivity index (χ1v) is 7.66. The molecule has 3 rings (SSSR count). The molecule has 0 saturated heterocycles. The van der Waals surface area contributed by atoms with Crippen LogP contribution in [0.2, 0.25) is 0 Å². The molecule has 25 heavy (non-hydrogen) atoms. The van der Waals surface area contributed by atoms with E-state index in [1.165, 1.54) is 24.3 Å². The van der Waals surface area contributed by atoms with Gasteiger partial charge in [0.05, 0.1) is 0 Å². The van der Waals surface area contributed by atoms with Gasteiger partial charge in [0.15, 0.2) is 11.5 Å². The maximum Gasteiger partial charge on any atom is 0.307 e. The summed E-state index contributed by atoms with van der Waals surface area (Å²) in [5.74, 6) is -0.557. The van der Waals surface area contributed by atoms with Crippen molar-refractivity contribution in [1.82, 2.24) is 0 Å². The standard InChI is InChI=1S/C18H16FNO5/c19-13-5-3-12(4-6-13)17(18(20)22)25-16(21)8-2-11-1-7-14-15(9-11)24-10-23-14/h1,3-7,9,17H,2,8,10H2,(H2,20,22)/t17-/m0/s1. The summed E-state index contributed by atoms with van der Waals surface area (Å²) in [6.07, 6.45) is -0.778. The van der Waals surface area contributed by atoms with Crippen LogP contribution in [0.15, 0.2) is 42.5 Å². The van der Waals surface area contributed by atoms with E-state index >= 15 is 0 Å². The van der Waals surface area contributed by atoms with Crippen LogP contribution < -0.4 is 15.2 Å². The Morgan fingerprint density at radius 1 is 1.12 bits per heavy atom. The Kier molecular flexibility index (Phi) is 4.83. The first kappa shape index (κ1) is 16.8. The van der Waals surface area contributed by atoms with Crippen molar-refractivity contribution in [3.63, 3.8) is 0 Å². The second-order valence-electron chi connectivity index (χ2n) is 5.51. The molecule has 0 fully saturated rings. The maximum atomic E-state index is 13.0. The lowest BCUT2D eigenvalue weighted by atomic mass is 10.1. The number of carbonyl (C=O) groups excluding carboxylic acids is 2. The molecule has 2 N–H and O–H groups in total. The number of hydrogen-bond donors (Lipinski definition) is 1. The molecule has 130 valence electrons. The quantitative estimate of drug-likeness (QED) is 0.812. The van der Waals surface area contributed by atoms with Crippen LogP contribution >= 0.6 is 0 Å². The minimum Gasteiger partial charge on any atom is -0.454 e. The summed E-state index contributed by atoms with van der Waals surface area (Å²) >= 11 is 0. The van der Waals surface area contributed by atoms with Gasteiger partial charge in [-0.3, -0.25) is 9.59 Å². The number of esters is 1. The Morgan fingerprint density at radius 3 is 2.56 bits per heavy atom. The van der Waals surface area contributed by atoms with Crippen molar-refractivity contribution in [3.05, 3.63) is 59.4 Å². The average molecular weight is 345 g/mol. The minimum absolute atomic E-state index is 0.0601. The second kappa shape index (κ2) is 7.21. The lowest BCUT2D eigenvalue weighted by molar-refractivity contribution is -0.155. The summed E-state index contributed by atoms with van der Waals surface area (Å²) in [6.45, 7) is 0.179. The van der Waals surface area contributed by atoms with Crippen molar-refractivity contribution in [3.8, 4) is 11.5 Å². The third kappa shape index (κ3) is 4.06. The van der Waals surface area contributed by atoms with Crippen molar-refractivity contribution >= 4 is 11.9 Å². The highest BCUT2D eigenvalue weighted by molar-refractivity contribution is 5.83. The molecule has 1 heterocycles. The number of hydrogen-bond acceptors (Lipinski definition) is 5. The summed E-state index contributed by atoms with van der Waals surface area (Å²) in [6, 6.07) is 10.4. The molecule has 1 atom stereocenters. The Morgan fingerprint density at radius 2 is 1.84 bits per heavy atom. The van der Waals surface area contributed by atoms with Crippen LogP contribution in [0.4, 0.5) is 4.39 Å². The normalized spacial score (nSPS) is 13.3. The number of fused-ring (bicyclic) bond motifs is 1. The van der Waals surface area contributed by atoms with Crippen molar-refractivity contribution in [2.24, 2.45) is 5.73 Å². The number of nitrogens with two attached hydrogens (primary N) is 1. The molecule has 1 amide bonds. The Labute approximate surface area is 143 Å². The number of primary amides is 1. The first-order chi connectivity index (χ1) is 12.0. The van der Waals surface area contributed by atoms with Crippen molar-refractivity contribution in [2.75, 3.05) is 6.79 Å². The maximum absolute atomic E-state index is 13.0. The summed E-state index contributed by atoms with van der Waals surface area (Å²) < 4.78 is 28.6. The van der Waals surface area contributed by atoms with E-state index in [0.717, 1.165) is 5.56 Å². The number of ether oxygens (including phenoxy) is 3. The van der Waals surface area contributed by atoms with Crippen LogP contribution in [-0.2, 0) is 20.7 Å². The number of aryl methyl sites for hydroxylation is 1. The van der Waals surface area contributed by atoms with Crippen LogP contribution in [0, 0.1) is 5.82 Å². The highest BCUT2D eigenvalue weighted by Crippen LogP contribution is 2.32. The van der Waals surface area contributed by atoms with Crippen LogP contribution in [0.1, 0.15) is 23.7 Å². The zero-order chi connectivity index (χ0) is 17.8. The van der Waals surface area contributed by atoms with Crippen LogP contribution in [0.5, 0.6) is 11.5 Å². The second-order valence-corrected chi connectivity index (χ2v) is 5.51. The van der Waals surface area contributed by atoms with Gasteiger partial charge >= 0.3 is 5.97 Å². The molecule has 7 heteroatoms. The van der Waals surface area contributed by atoms with Gasteiger partial charge in [0, 0.05) is 12.0 Å². The van der Waals surface area contributed by atoms with E-state index in [1.807, 2.05) is 6.07 Å². The molecule has 2 aromatic rings. The molecule has 1 aliphatic rings. The van der Waals surface area contributed by atoms with Crippen molar-refractivity contribution in [2.45, 2.75) is 18.9 Å². The van der Waals surface area contributed by atoms with Crippen molar-refractivity contribution in [1.29, 1.82) is 0 Å². The molecule has 0 radical (unpaired) electrons. The molecule has 0 bridgehead atoms. The lowest BCUT2D eigenvalue weighted by Gasteiger charge is -2.15. The van der Waals surface area contributed by atoms with E-state index in [-0.39, 0.29) is 13.2 Å². The summed E-state index contributed by atoms with van der Waals surface area (Å²) in [5, 5.41) is 0. The molecule has 6 nitrogen and oxygen atoms in total. The highest BCUT2D eigenvalue weighted by Gasteiger charge is 2.22. The number of amides is 1. The molecular weight excluding hydrogens is 329 g/mol. The molecule has 0 unspecified atom stereocenters. The lowest BCUT2D eigenvalue weighted by Crippen LogP contribution is -2.26. The fourth-order valence-electron chi connectivity index (χ4n) is 2.46. The fourth-order valence-corrected chi connectivity index (χ4v) is 2.46. The van der Waals surface area contributed by atoms with Gasteiger partial charge in [0.1, 0.15) is 5.82 Å². The average Bonchev–Trinajstić information content (AvgIpc) is 3.06. The van der Waals surface area contributed by atoms with Crippen LogP contribution in [-0.4, -0.2) is 18.7 Å². The van der Waals surface area contributed by atoms with E-state index in [2.05, 4.69) is 0 Å². The van der Waals surface area contributed by atoms with Gasteiger partial charge in [0.25, 0.3) is 5.91 Å². The molecular formula is C18H16FNO5. The van der Waals surface area contributed by atoms with Gasteiger partial charge in [-0.25, -0.2) is 4.39 Å². The summed E-state index contributed by atoms with van der Waals surface area (Å²) in [7, 11) is 0. The van der Waals surface area contributed by atoms with Crippen molar-refractivity contribution < 1.29 is 28.2 Å². The van der Waals surface area contributed by atoms with Gasteiger partial charge in [-0.05, 0) is 36.2 Å². The number of rotatable bonds is 6. The van der Waals surface area contributed by atoms with E-state index in [9.17, 15) is 14.0 Å². The molecule has 0 saturated carbocycles. The van der Waals surface area contributed by atoms with Gasteiger partial charge < -0.3 is 19.9 Å². The Balaban J connectivity index is 1.60. The molecule has 0 aromatic heterocycles. The smallest absolute Gasteiger partial charge is 0.307 e. The number of halogens is 1. The third-order valence-electron chi connectivity index (χ3n) is 3.74. The Hall–Kier alpha value is -3.09. The molecule has 0 spiro atoms. The zero-order valence-electron chi connectivity index (χ0n) is 13.2. The predicted octanol–water partition coefficient (Wildman–Crippen LogP) is 2.26. The highest BCUT2D eigenvalue weighted by atomic mass is 19.1. The predicted molar refractivity (Wildman–Crippen MR) is 85.3 cm³/mol. The molecule has 1 aliphatic heterocycles. The van der Waals surface area contributed by atoms with E-state index in [4.69, 9.17) is 19.9 Å². The topological polar surface area (TPSA) is 87.9 Å². The SMILES string of the molecule is NC(=O)[C@@H](OC(=O)CCc1ccc2c(c1)OCO2)c1ccc(F)cc1. The van der Waals surface area contributed by atoms with Crippen LogP contribution in [0.25, 0.3) is 0 Å². The third-order valence-corrected chi connectivity index (χ3v) is 3.74. The molecule has 0 aliphatic carbocycles. The first-order valence-electron chi connectivity index (χ1n) is 7.66. The number of benzene rings is 2. The van der Waals surface area contributed by atoms with Gasteiger partial charge in [-0.15, -0.1) is 0 Å². The van der Waals surface area contributed by atoms with E-state index in [1.54, 1.807) is 12.1 Å². The zero-order valence-corrected chi connectivity index (χ0v) is 13.2. The van der Waals surface area contributed by atoms with Gasteiger partial charge in [-0.2, -0.15) is 0 Å².